The number of hydrogen-bond acceptors (Lipinski definition) is 3. The largest absolute Gasteiger partial charge is 0.469 e. The highest BCUT2D eigenvalue weighted by Gasteiger charge is 2.13. The minimum absolute atomic E-state index is 0.000383. The maximum atomic E-state index is 11.0. The van der Waals surface area contributed by atoms with Crippen molar-refractivity contribution in [3.05, 3.63) is 35.4 Å². The normalized spacial score (nSPS) is 13.1. The van der Waals surface area contributed by atoms with Crippen LogP contribution in [0.3, 0.4) is 0 Å². The molecule has 0 saturated heterocycles. The lowest BCUT2D eigenvalue weighted by molar-refractivity contribution is -0.140. The summed E-state index contributed by atoms with van der Waals surface area (Å²) in [6.07, 6.45) is 1.84. The number of ether oxygens (including phenoxy) is 1. The van der Waals surface area contributed by atoms with Crippen LogP contribution in [0, 0.1) is 0 Å². The molecule has 3 nitrogen and oxygen atoms in total. The summed E-state index contributed by atoms with van der Waals surface area (Å²) in [4.78, 5) is 11.0. The molecule has 106 valence electrons. The van der Waals surface area contributed by atoms with Crippen LogP contribution >= 0.6 is 0 Å². The fourth-order valence-corrected chi connectivity index (χ4v) is 1.95. The summed E-state index contributed by atoms with van der Waals surface area (Å²) in [7, 11) is 1.40. The van der Waals surface area contributed by atoms with Gasteiger partial charge in [-0.05, 0) is 29.4 Å². The molecule has 0 aliphatic carbocycles. The van der Waals surface area contributed by atoms with Crippen molar-refractivity contribution in [2.24, 2.45) is 5.73 Å². The summed E-state index contributed by atoms with van der Waals surface area (Å²) in [5.41, 5.74) is 8.73. The maximum absolute atomic E-state index is 11.0. The summed E-state index contributed by atoms with van der Waals surface area (Å²) in [5.74, 6) is -0.196. The number of hydrogen-bond donors (Lipinski definition) is 1. The van der Waals surface area contributed by atoms with Crippen molar-refractivity contribution in [1.29, 1.82) is 0 Å². The lowest BCUT2D eigenvalue weighted by atomic mass is 9.86. The fourth-order valence-electron chi connectivity index (χ4n) is 1.95. The van der Waals surface area contributed by atoms with E-state index < -0.39 is 0 Å². The second kappa shape index (κ2) is 6.71. The summed E-state index contributed by atoms with van der Waals surface area (Å²) in [6.45, 7) is 6.60. The minimum atomic E-state index is -0.196. The van der Waals surface area contributed by atoms with Gasteiger partial charge in [0.1, 0.15) is 0 Å². The molecule has 1 unspecified atom stereocenters. The highest BCUT2D eigenvalue weighted by atomic mass is 16.5. The highest BCUT2D eigenvalue weighted by molar-refractivity contribution is 5.69. The molecule has 2 N–H and O–H groups in total. The van der Waals surface area contributed by atoms with Crippen LogP contribution in [0.4, 0.5) is 0 Å². The van der Waals surface area contributed by atoms with Crippen LogP contribution in [0.15, 0.2) is 24.3 Å². The first kappa shape index (κ1) is 15.7. The molecule has 1 atom stereocenters. The Hall–Kier alpha value is -1.35. The van der Waals surface area contributed by atoms with Crippen molar-refractivity contribution in [3.8, 4) is 0 Å². The molecule has 0 aliphatic rings. The zero-order valence-corrected chi connectivity index (χ0v) is 12.4. The number of methoxy groups -OCH3 is 1. The molecule has 0 aliphatic heterocycles. The maximum Gasteiger partial charge on any atom is 0.305 e. The highest BCUT2D eigenvalue weighted by Crippen LogP contribution is 2.22. The van der Waals surface area contributed by atoms with Gasteiger partial charge in [0.2, 0.25) is 0 Å². The van der Waals surface area contributed by atoms with Gasteiger partial charge in [0.05, 0.1) is 7.11 Å². The summed E-state index contributed by atoms with van der Waals surface area (Å²) >= 11 is 0. The Balaban J connectivity index is 2.51. The predicted molar refractivity (Wildman–Crippen MR) is 78.1 cm³/mol. The third-order valence-corrected chi connectivity index (χ3v) is 3.26. The van der Waals surface area contributed by atoms with Crippen LogP contribution in [0.25, 0.3) is 0 Å². The molecule has 19 heavy (non-hydrogen) atoms. The third kappa shape index (κ3) is 5.43. The van der Waals surface area contributed by atoms with Gasteiger partial charge < -0.3 is 10.5 Å². The summed E-state index contributed by atoms with van der Waals surface area (Å²) < 4.78 is 4.61. The summed E-state index contributed by atoms with van der Waals surface area (Å²) in [6, 6.07) is 8.56. The number of carbonyl (C=O) groups is 1. The standard InChI is InChI=1S/C16H25NO2/c1-16(2,3)13-7-5-12(6-8-13)11-14(17)9-10-15(18)19-4/h5-8,14H,9-11,17H2,1-4H3. The van der Waals surface area contributed by atoms with E-state index in [1.165, 1.54) is 18.2 Å². The number of esters is 1. The molecule has 0 saturated carbocycles. The van der Waals surface area contributed by atoms with E-state index in [0.717, 1.165) is 6.42 Å². The van der Waals surface area contributed by atoms with Crippen molar-refractivity contribution in [2.75, 3.05) is 7.11 Å². The van der Waals surface area contributed by atoms with Gasteiger partial charge in [0.25, 0.3) is 0 Å². The van der Waals surface area contributed by atoms with Gasteiger partial charge in [0.15, 0.2) is 0 Å². The molecule has 0 radical (unpaired) electrons. The number of benzene rings is 1. The van der Waals surface area contributed by atoms with Crippen LogP contribution in [0.1, 0.15) is 44.7 Å². The van der Waals surface area contributed by atoms with E-state index in [-0.39, 0.29) is 17.4 Å². The molecule has 1 aromatic carbocycles. The van der Waals surface area contributed by atoms with Crippen molar-refractivity contribution >= 4 is 5.97 Å². The zero-order valence-electron chi connectivity index (χ0n) is 12.4. The number of rotatable bonds is 5. The smallest absolute Gasteiger partial charge is 0.305 e. The van der Waals surface area contributed by atoms with E-state index >= 15 is 0 Å². The lowest BCUT2D eigenvalue weighted by Crippen LogP contribution is -2.24. The van der Waals surface area contributed by atoms with Crippen LogP contribution < -0.4 is 5.73 Å². The first-order chi connectivity index (χ1) is 8.82. The van der Waals surface area contributed by atoms with Gasteiger partial charge >= 0.3 is 5.97 Å². The molecular formula is C16H25NO2. The Morgan fingerprint density at radius 2 is 1.84 bits per heavy atom. The van der Waals surface area contributed by atoms with Crippen molar-refractivity contribution < 1.29 is 9.53 Å². The van der Waals surface area contributed by atoms with Crippen molar-refractivity contribution in [2.45, 2.75) is 51.5 Å². The zero-order chi connectivity index (χ0) is 14.5. The second-order valence-corrected chi connectivity index (χ2v) is 6.03. The van der Waals surface area contributed by atoms with Crippen molar-refractivity contribution in [1.82, 2.24) is 0 Å². The van der Waals surface area contributed by atoms with E-state index in [1.807, 2.05) is 0 Å². The average Bonchev–Trinajstić information content (AvgIpc) is 2.35. The second-order valence-electron chi connectivity index (χ2n) is 6.03. The lowest BCUT2D eigenvalue weighted by Gasteiger charge is -2.19. The molecular weight excluding hydrogens is 238 g/mol. The van der Waals surface area contributed by atoms with Gasteiger partial charge in [-0.2, -0.15) is 0 Å². The van der Waals surface area contributed by atoms with E-state index in [4.69, 9.17) is 5.73 Å². The first-order valence-electron chi connectivity index (χ1n) is 6.74. The Labute approximate surface area is 116 Å². The molecule has 0 heterocycles. The Morgan fingerprint density at radius 3 is 2.32 bits per heavy atom. The summed E-state index contributed by atoms with van der Waals surface area (Å²) in [5, 5.41) is 0. The van der Waals surface area contributed by atoms with Gasteiger partial charge in [-0.25, -0.2) is 0 Å². The van der Waals surface area contributed by atoms with E-state index in [0.29, 0.717) is 12.8 Å². The van der Waals surface area contributed by atoms with Crippen molar-refractivity contribution in [3.63, 3.8) is 0 Å². The van der Waals surface area contributed by atoms with Gasteiger partial charge in [-0.15, -0.1) is 0 Å². The minimum Gasteiger partial charge on any atom is -0.469 e. The van der Waals surface area contributed by atoms with Crippen LogP contribution in [-0.4, -0.2) is 19.1 Å². The third-order valence-electron chi connectivity index (χ3n) is 3.26. The molecule has 1 rings (SSSR count). The molecule has 0 spiro atoms. The van der Waals surface area contributed by atoms with E-state index in [1.54, 1.807) is 0 Å². The molecule has 1 aromatic rings. The molecule has 0 amide bonds. The fraction of sp³-hybridized carbons (Fsp3) is 0.562. The SMILES string of the molecule is COC(=O)CCC(N)Cc1ccc(C(C)(C)C)cc1. The van der Waals surface area contributed by atoms with Crippen LogP contribution in [0.2, 0.25) is 0 Å². The average molecular weight is 263 g/mol. The topological polar surface area (TPSA) is 52.3 Å². The monoisotopic (exact) mass is 263 g/mol. The molecule has 0 aromatic heterocycles. The van der Waals surface area contributed by atoms with Gasteiger partial charge in [0, 0.05) is 12.5 Å². The van der Waals surface area contributed by atoms with Gasteiger partial charge in [-0.3, -0.25) is 4.79 Å². The van der Waals surface area contributed by atoms with Crippen LogP contribution in [0.5, 0.6) is 0 Å². The quantitative estimate of drug-likeness (QED) is 0.831. The first-order valence-corrected chi connectivity index (χ1v) is 6.74. The predicted octanol–water partition coefficient (Wildman–Crippen LogP) is 2.81. The van der Waals surface area contributed by atoms with E-state index in [9.17, 15) is 4.79 Å². The molecule has 0 fully saturated rings. The Morgan fingerprint density at radius 1 is 1.26 bits per heavy atom. The molecule has 3 heteroatoms. The Bertz CT molecular complexity index is 404. The number of carbonyl (C=O) groups excluding carboxylic acids is 1. The number of nitrogens with two attached hydrogens (primary N) is 1. The molecule has 0 bridgehead atoms. The van der Waals surface area contributed by atoms with E-state index in [2.05, 4.69) is 49.8 Å². The Kier molecular flexibility index (Phi) is 5.55. The van der Waals surface area contributed by atoms with Crippen LogP contribution in [-0.2, 0) is 21.4 Å². The van der Waals surface area contributed by atoms with Gasteiger partial charge in [-0.1, -0.05) is 45.0 Å².